The Kier molecular flexibility index (Phi) is 5.65. The first-order valence-corrected chi connectivity index (χ1v) is 8.04. The molecule has 0 spiro atoms. The quantitative estimate of drug-likeness (QED) is 0.769. The smallest absolute Gasteiger partial charge is 0.244 e. The van der Waals surface area contributed by atoms with Crippen LogP contribution in [0.1, 0.15) is 44.1 Å². The molecular weight excluding hydrogens is 314 g/mol. The molecule has 0 unspecified atom stereocenters. The minimum Gasteiger partial charge on any atom is -0.353 e. The van der Waals surface area contributed by atoms with Gasteiger partial charge in [-0.05, 0) is 43.4 Å². The van der Waals surface area contributed by atoms with Crippen molar-refractivity contribution in [2.75, 3.05) is 5.32 Å². The van der Waals surface area contributed by atoms with E-state index >= 15 is 0 Å². The van der Waals surface area contributed by atoms with E-state index in [1.807, 2.05) is 24.3 Å². The Bertz CT molecular complexity index is 564. The predicted octanol–water partition coefficient (Wildman–Crippen LogP) is 2.14. The van der Waals surface area contributed by atoms with Crippen molar-refractivity contribution in [1.82, 2.24) is 5.32 Å². The van der Waals surface area contributed by atoms with Crippen LogP contribution in [0.4, 0.5) is 5.69 Å². The third kappa shape index (κ3) is 4.69. The number of hydrogen-bond acceptors (Lipinski definition) is 3. The summed E-state index contributed by atoms with van der Waals surface area (Å²) in [6.07, 6.45) is 6.09. The zero-order valence-electron chi connectivity index (χ0n) is 13.1. The number of halogens is 1. The molecule has 2 aliphatic carbocycles. The summed E-state index contributed by atoms with van der Waals surface area (Å²) in [7, 11) is 0. The van der Waals surface area contributed by atoms with Crippen molar-refractivity contribution in [3.63, 3.8) is 0 Å². The maximum absolute atomic E-state index is 12.2. The maximum Gasteiger partial charge on any atom is 0.244 e. The van der Waals surface area contributed by atoms with Crippen LogP contribution in [0.5, 0.6) is 0 Å². The van der Waals surface area contributed by atoms with Crippen molar-refractivity contribution < 1.29 is 9.59 Å². The highest BCUT2D eigenvalue weighted by Crippen LogP contribution is 2.28. The van der Waals surface area contributed by atoms with Crippen molar-refractivity contribution >= 4 is 29.9 Å². The van der Waals surface area contributed by atoms with Crippen molar-refractivity contribution in [3.05, 3.63) is 29.8 Å². The maximum atomic E-state index is 12.2. The third-order valence-electron chi connectivity index (χ3n) is 4.47. The fraction of sp³-hybridized carbons (Fsp3) is 0.529. The summed E-state index contributed by atoms with van der Waals surface area (Å²) < 4.78 is 0. The first-order valence-electron chi connectivity index (χ1n) is 8.04. The van der Waals surface area contributed by atoms with Crippen LogP contribution >= 0.6 is 12.4 Å². The molecule has 0 heterocycles. The highest BCUT2D eigenvalue weighted by atomic mass is 35.5. The van der Waals surface area contributed by atoms with Crippen molar-refractivity contribution in [2.45, 2.75) is 56.5 Å². The van der Waals surface area contributed by atoms with Gasteiger partial charge in [0.1, 0.15) is 0 Å². The number of benzene rings is 1. The van der Waals surface area contributed by atoms with E-state index in [1.165, 1.54) is 0 Å². The van der Waals surface area contributed by atoms with Gasteiger partial charge in [0.2, 0.25) is 11.8 Å². The molecule has 0 aromatic heterocycles. The highest BCUT2D eigenvalue weighted by molar-refractivity contribution is 5.98. The normalized spacial score (nSPS) is 18.8. The van der Waals surface area contributed by atoms with Crippen LogP contribution in [-0.2, 0) is 16.0 Å². The lowest BCUT2D eigenvalue weighted by atomic mass is 9.98. The van der Waals surface area contributed by atoms with Gasteiger partial charge >= 0.3 is 0 Å². The van der Waals surface area contributed by atoms with E-state index in [4.69, 9.17) is 5.73 Å². The van der Waals surface area contributed by atoms with E-state index in [2.05, 4.69) is 10.6 Å². The van der Waals surface area contributed by atoms with Crippen LogP contribution in [0, 0.1) is 0 Å². The Balaban J connectivity index is 0.00000192. The van der Waals surface area contributed by atoms with Crippen LogP contribution in [0.25, 0.3) is 0 Å². The molecule has 6 heteroatoms. The number of hydrogen-bond donors (Lipinski definition) is 3. The standard InChI is InChI=1S/C17H23N3O2.ClH/c18-17(9-1-2-10-17)16(22)20-14-5-3-12(4-6-14)11-15(21)19-13-7-8-13;/h3-6,13H,1-2,7-11,18H2,(H,19,21)(H,20,22);1H. The van der Waals surface area contributed by atoms with Crippen molar-refractivity contribution in [3.8, 4) is 0 Å². The van der Waals surface area contributed by atoms with Gasteiger partial charge in [0.25, 0.3) is 0 Å². The molecule has 2 amide bonds. The first kappa shape index (κ1) is 17.8. The molecule has 0 atom stereocenters. The van der Waals surface area contributed by atoms with Crippen LogP contribution in [-0.4, -0.2) is 23.4 Å². The molecule has 23 heavy (non-hydrogen) atoms. The molecular formula is C17H24ClN3O2. The van der Waals surface area contributed by atoms with Gasteiger partial charge < -0.3 is 16.4 Å². The largest absolute Gasteiger partial charge is 0.353 e. The van der Waals surface area contributed by atoms with Crippen LogP contribution in [0.3, 0.4) is 0 Å². The zero-order valence-corrected chi connectivity index (χ0v) is 14.0. The van der Waals surface area contributed by atoms with Gasteiger partial charge in [-0.25, -0.2) is 0 Å². The second-order valence-electron chi connectivity index (χ2n) is 6.53. The summed E-state index contributed by atoms with van der Waals surface area (Å²) in [5, 5.41) is 5.85. The minimum atomic E-state index is -0.719. The molecule has 5 nitrogen and oxygen atoms in total. The SMILES string of the molecule is Cl.NC1(C(=O)Nc2ccc(CC(=O)NC3CC3)cc2)CCCC1. The Morgan fingerprint density at radius 3 is 2.30 bits per heavy atom. The topological polar surface area (TPSA) is 84.2 Å². The van der Waals surface area contributed by atoms with Crippen LogP contribution < -0.4 is 16.4 Å². The lowest BCUT2D eigenvalue weighted by Gasteiger charge is -2.22. The molecule has 0 radical (unpaired) electrons. The van der Waals surface area contributed by atoms with E-state index in [0.717, 1.165) is 49.8 Å². The van der Waals surface area contributed by atoms with Crippen molar-refractivity contribution in [2.24, 2.45) is 5.73 Å². The fourth-order valence-electron chi connectivity index (χ4n) is 2.89. The molecule has 2 fully saturated rings. The van der Waals surface area contributed by atoms with E-state index < -0.39 is 5.54 Å². The van der Waals surface area contributed by atoms with Crippen LogP contribution in [0.2, 0.25) is 0 Å². The zero-order chi connectivity index (χ0) is 15.6. The number of carbonyl (C=O) groups is 2. The third-order valence-corrected chi connectivity index (χ3v) is 4.47. The van der Waals surface area contributed by atoms with E-state index in [1.54, 1.807) is 0 Å². The van der Waals surface area contributed by atoms with Gasteiger partial charge in [-0.2, -0.15) is 0 Å². The molecule has 4 N–H and O–H groups in total. The molecule has 3 rings (SSSR count). The van der Waals surface area contributed by atoms with E-state index in [0.29, 0.717) is 12.5 Å². The van der Waals surface area contributed by atoms with Gasteiger partial charge in [-0.15, -0.1) is 12.4 Å². The fourth-order valence-corrected chi connectivity index (χ4v) is 2.89. The number of anilines is 1. The molecule has 0 aliphatic heterocycles. The number of carbonyl (C=O) groups excluding carboxylic acids is 2. The summed E-state index contributed by atoms with van der Waals surface area (Å²) in [4.78, 5) is 24.0. The predicted molar refractivity (Wildman–Crippen MR) is 92.6 cm³/mol. The number of nitrogens with two attached hydrogens (primary N) is 1. The molecule has 0 saturated heterocycles. The van der Waals surface area contributed by atoms with Gasteiger partial charge in [-0.1, -0.05) is 25.0 Å². The molecule has 2 aliphatic rings. The van der Waals surface area contributed by atoms with Crippen LogP contribution in [0.15, 0.2) is 24.3 Å². The summed E-state index contributed by atoms with van der Waals surface area (Å²) in [6.45, 7) is 0. The van der Waals surface area contributed by atoms with Gasteiger partial charge in [0.15, 0.2) is 0 Å². The number of nitrogens with one attached hydrogen (secondary N) is 2. The molecule has 1 aromatic carbocycles. The molecule has 126 valence electrons. The van der Waals surface area contributed by atoms with Gasteiger partial charge in [-0.3, -0.25) is 9.59 Å². The molecule has 1 aromatic rings. The summed E-state index contributed by atoms with van der Waals surface area (Å²) in [5.74, 6) is -0.0459. The van der Waals surface area contributed by atoms with Gasteiger partial charge in [0, 0.05) is 11.7 Å². The Labute approximate surface area is 142 Å². The minimum absolute atomic E-state index is 0. The Morgan fingerprint density at radius 2 is 1.74 bits per heavy atom. The highest BCUT2D eigenvalue weighted by Gasteiger charge is 2.36. The summed E-state index contributed by atoms with van der Waals surface area (Å²) in [5.41, 5.74) is 7.09. The summed E-state index contributed by atoms with van der Waals surface area (Å²) >= 11 is 0. The Hall–Kier alpha value is -1.59. The second-order valence-corrected chi connectivity index (χ2v) is 6.53. The average molecular weight is 338 g/mol. The first-order chi connectivity index (χ1) is 10.5. The molecule has 0 bridgehead atoms. The number of amides is 2. The summed E-state index contributed by atoms with van der Waals surface area (Å²) in [6, 6.07) is 7.80. The molecule has 2 saturated carbocycles. The Morgan fingerprint density at radius 1 is 1.13 bits per heavy atom. The second kappa shape index (κ2) is 7.32. The monoisotopic (exact) mass is 337 g/mol. The average Bonchev–Trinajstić information content (AvgIpc) is 3.18. The van der Waals surface area contributed by atoms with Gasteiger partial charge in [0.05, 0.1) is 12.0 Å². The van der Waals surface area contributed by atoms with E-state index in [-0.39, 0.29) is 24.2 Å². The lowest BCUT2D eigenvalue weighted by molar-refractivity contribution is -0.121. The van der Waals surface area contributed by atoms with E-state index in [9.17, 15) is 9.59 Å². The number of rotatable bonds is 5. The lowest BCUT2D eigenvalue weighted by Crippen LogP contribution is -2.48. The van der Waals surface area contributed by atoms with Crippen molar-refractivity contribution in [1.29, 1.82) is 0 Å².